The number of para-hydroxylation sites is 1. The summed E-state index contributed by atoms with van der Waals surface area (Å²) in [4.78, 5) is 25.5. The molecule has 8 nitrogen and oxygen atoms in total. The number of hydrogen-bond donors (Lipinski definition) is 2. The fraction of sp³-hybridized carbons (Fsp3) is 0.440. The summed E-state index contributed by atoms with van der Waals surface area (Å²) >= 11 is 0. The highest BCUT2D eigenvalue weighted by Gasteiger charge is 2.28. The molecule has 2 amide bonds. The Morgan fingerprint density at radius 2 is 1.82 bits per heavy atom. The first-order valence-electron chi connectivity index (χ1n) is 11.6. The lowest BCUT2D eigenvalue weighted by Gasteiger charge is -2.17. The quantitative estimate of drug-likeness (QED) is 0.533. The minimum atomic E-state index is -3.57. The lowest BCUT2D eigenvalue weighted by Crippen LogP contribution is -2.32. The smallest absolute Gasteiger partial charge is 0.253 e. The van der Waals surface area contributed by atoms with Gasteiger partial charge in [0.2, 0.25) is 15.9 Å². The van der Waals surface area contributed by atoms with Crippen LogP contribution in [0.3, 0.4) is 0 Å². The maximum Gasteiger partial charge on any atom is 0.253 e. The molecule has 2 N–H and O–H groups in total. The van der Waals surface area contributed by atoms with Crippen LogP contribution in [0.15, 0.2) is 47.4 Å². The predicted molar refractivity (Wildman–Crippen MR) is 132 cm³/mol. The summed E-state index contributed by atoms with van der Waals surface area (Å²) in [5.41, 5.74) is 1.47. The highest BCUT2D eigenvalue weighted by molar-refractivity contribution is 7.89. The van der Waals surface area contributed by atoms with E-state index in [1.54, 1.807) is 42.5 Å². The average molecular weight is 488 g/mol. The number of anilines is 1. The van der Waals surface area contributed by atoms with E-state index in [0.29, 0.717) is 42.1 Å². The van der Waals surface area contributed by atoms with Gasteiger partial charge in [-0.05, 0) is 68.5 Å². The Hall–Kier alpha value is -2.91. The number of amides is 2. The van der Waals surface area contributed by atoms with Crippen molar-refractivity contribution in [3.05, 3.63) is 53.6 Å². The second-order valence-electron chi connectivity index (χ2n) is 8.46. The molecular formula is C25H33N3O5S. The van der Waals surface area contributed by atoms with Crippen LogP contribution in [-0.4, -0.2) is 50.8 Å². The molecule has 0 spiro atoms. The van der Waals surface area contributed by atoms with E-state index in [1.165, 1.54) is 11.4 Å². The van der Waals surface area contributed by atoms with E-state index in [9.17, 15) is 18.0 Å². The summed E-state index contributed by atoms with van der Waals surface area (Å²) in [5, 5.41) is 5.72. The summed E-state index contributed by atoms with van der Waals surface area (Å²) in [5.74, 6) is 0.00638. The number of ether oxygens (including phenoxy) is 1. The van der Waals surface area contributed by atoms with E-state index in [1.807, 2.05) is 13.8 Å². The monoisotopic (exact) mass is 487 g/mol. The summed E-state index contributed by atoms with van der Waals surface area (Å²) in [6.07, 6.45) is 2.91. The van der Waals surface area contributed by atoms with Gasteiger partial charge in [-0.25, -0.2) is 8.42 Å². The van der Waals surface area contributed by atoms with Gasteiger partial charge in [-0.3, -0.25) is 9.59 Å². The zero-order valence-electron chi connectivity index (χ0n) is 20.0. The molecule has 3 rings (SSSR count). The molecule has 1 atom stereocenters. The summed E-state index contributed by atoms with van der Waals surface area (Å²) in [6.45, 7) is 4.95. The van der Waals surface area contributed by atoms with Crippen molar-refractivity contribution in [1.29, 1.82) is 0 Å². The average Bonchev–Trinajstić information content (AvgIpc) is 3.38. The molecule has 0 aromatic heterocycles. The number of rotatable bonds is 10. The standard InChI is InChI=1S/C25H33N3O5S/c1-4-18(2)26-25(30)21-9-5-6-10-22(21)27-24(29)14-11-19-17-20(12-13-23(19)33-3)34(31,32)28-15-7-8-16-28/h5-6,9-10,12-13,17-18H,4,7-8,11,14-16H2,1-3H3,(H,26,30)(H,27,29). The van der Waals surface area contributed by atoms with Gasteiger partial charge < -0.3 is 15.4 Å². The number of methoxy groups -OCH3 is 1. The van der Waals surface area contributed by atoms with Crippen molar-refractivity contribution in [3.63, 3.8) is 0 Å². The van der Waals surface area contributed by atoms with Crippen molar-refractivity contribution in [3.8, 4) is 5.75 Å². The van der Waals surface area contributed by atoms with Gasteiger partial charge in [-0.2, -0.15) is 4.31 Å². The van der Waals surface area contributed by atoms with E-state index in [2.05, 4.69) is 10.6 Å². The fourth-order valence-electron chi connectivity index (χ4n) is 3.84. The molecule has 1 aliphatic rings. The first-order valence-corrected chi connectivity index (χ1v) is 13.1. The molecule has 2 aromatic carbocycles. The van der Waals surface area contributed by atoms with Crippen molar-refractivity contribution in [2.45, 2.75) is 56.9 Å². The van der Waals surface area contributed by atoms with Crippen LogP contribution in [0.5, 0.6) is 5.75 Å². The number of carbonyl (C=O) groups excluding carboxylic acids is 2. The Morgan fingerprint density at radius 3 is 2.50 bits per heavy atom. The van der Waals surface area contributed by atoms with Crippen molar-refractivity contribution >= 4 is 27.5 Å². The van der Waals surface area contributed by atoms with Crippen molar-refractivity contribution in [2.24, 2.45) is 0 Å². The van der Waals surface area contributed by atoms with Gasteiger partial charge in [0.05, 0.1) is 23.3 Å². The van der Waals surface area contributed by atoms with Gasteiger partial charge in [0.15, 0.2) is 0 Å². The Labute approximate surface area is 201 Å². The summed E-state index contributed by atoms with van der Waals surface area (Å²) in [6, 6.07) is 11.6. The zero-order valence-corrected chi connectivity index (χ0v) is 20.8. The summed E-state index contributed by atoms with van der Waals surface area (Å²) < 4.78 is 32.8. The topological polar surface area (TPSA) is 105 Å². The highest BCUT2D eigenvalue weighted by atomic mass is 32.2. The van der Waals surface area contributed by atoms with Gasteiger partial charge in [0.1, 0.15) is 5.75 Å². The molecule has 34 heavy (non-hydrogen) atoms. The second-order valence-corrected chi connectivity index (χ2v) is 10.4. The maximum atomic E-state index is 12.9. The van der Waals surface area contributed by atoms with Crippen LogP contribution in [0.2, 0.25) is 0 Å². The van der Waals surface area contributed by atoms with Crippen molar-refractivity contribution < 1.29 is 22.7 Å². The number of sulfonamides is 1. The van der Waals surface area contributed by atoms with Crippen LogP contribution in [0.25, 0.3) is 0 Å². The normalized spacial score (nSPS) is 15.0. The lowest BCUT2D eigenvalue weighted by atomic mass is 10.1. The summed E-state index contributed by atoms with van der Waals surface area (Å²) in [7, 11) is -2.05. The van der Waals surface area contributed by atoms with Crippen LogP contribution in [0.4, 0.5) is 5.69 Å². The molecule has 1 aliphatic heterocycles. The van der Waals surface area contributed by atoms with Gasteiger partial charge in [0, 0.05) is 25.6 Å². The third-order valence-corrected chi connectivity index (χ3v) is 7.91. The van der Waals surface area contributed by atoms with Gasteiger partial charge in [-0.15, -0.1) is 0 Å². The molecule has 184 valence electrons. The highest BCUT2D eigenvalue weighted by Crippen LogP contribution is 2.27. The zero-order chi connectivity index (χ0) is 24.7. The molecule has 9 heteroatoms. The first kappa shape index (κ1) is 25.7. The Bertz CT molecular complexity index is 1130. The SMILES string of the molecule is CCC(C)NC(=O)c1ccccc1NC(=O)CCc1cc(S(=O)(=O)N2CCCC2)ccc1OC. The molecule has 1 heterocycles. The minimum Gasteiger partial charge on any atom is -0.496 e. The van der Waals surface area contributed by atoms with Gasteiger partial charge >= 0.3 is 0 Å². The van der Waals surface area contributed by atoms with E-state index < -0.39 is 10.0 Å². The fourth-order valence-corrected chi connectivity index (χ4v) is 5.41. The Balaban J connectivity index is 1.71. The molecule has 1 unspecified atom stereocenters. The van der Waals surface area contributed by atoms with Crippen LogP contribution in [0, 0.1) is 0 Å². The van der Waals surface area contributed by atoms with Crippen molar-refractivity contribution in [1.82, 2.24) is 9.62 Å². The Kier molecular flexibility index (Phi) is 8.68. The third kappa shape index (κ3) is 6.15. The molecule has 0 saturated carbocycles. The maximum absolute atomic E-state index is 12.9. The molecule has 1 saturated heterocycles. The van der Waals surface area contributed by atoms with Crippen LogP contribution in [0.1, 0.15) is 55.5 Å². The number of carbonyl (C=O) groups is 2. The van der Waals surface area contributed by atoms with Crippen LogP contribution < -0.4 is 15.4 Å². The molecule has 0 aliphatic carbocycles. The predicted octanol–water partition coefficient (Wildman–Crippen LogP) is 3.58. The molecule has 0 radical (unpaired) electrons. The molecule has 2 aromatic rings. The number of hydrogen-bond acceptors (Lipinski definition) is 5. The molecule has 0 bridgehead atoms. The van der Waals surface area contributed by atoms with Gasteiger partial charge in [0.25, 0.3) is 5.91 Å². The van der Waals surface area contributed by atoms with E-state index in [0.717, 1.165) is 19.3 Å². The minimum absolute atomic E-state index is 0.0211. The Morgan fingerprint density at radius 1 is 1.12 bits per heavy atom. The largest absolute Gasteiger partial charge is 0.496 e. The number of benzene rings is 2. The second kappa shape index (κ2) is 11.5. The van der Waals surface area contributed by atoms with E-state index in [-0.39, 0.29) is 29.2 Å². The molecule has 1 fully saturated rings. The number of nitrogens with zero attached hydrogens (tertiary/aromatic N) is 1. The van der Waals surface area contributed by atoms with Gasteiger partial charge in [-0.1, -0.05) is 19.1 Å². The lowest BCUT2D eigenvalue weighted by molar-refractivity contribution is -0.116. The van der Waals surface area contributed by atoms with E-state index in [4.69, 9.17) is 4.74 Å². The number of aryl methyl sites for hydroxylation is 1. The first-order chi connectivity index (χ1) is 16.3. The van der Waals surface area contributed by atoms with E-state index >= 15 is 0 Å². The molecular weight excluding hydrogens is 454 g/mol. The van der Waals surface area contributed by atoms with Crippen molar-refractivity contribution in [2.75, 3.05) is 25.5 Å². The third-order valence-electron chi connectivity index (χ3n) is 6.01. The van der Waals surface area contributed by atoms with Crippen LogP contribution in [-0.2, 0) is 21.2 Å². The number of nitrogens with one attached hydrogen (secondary N) is 2. The van der Waals surface area contributed by atoms with Crippen LogP contribution >= 0.6 is 0 Å².